The molecule has 3 atom stereocenters. The number of nitrogens with zero attached hydrogens (tertiary/aromatic N) is 1. The summed E-state index contributed by atoms with van der Waals surface area (Å²) >= 11 is 0. The molecule has 0 unspecified atom stereocenters. The van der Waals surface area contributed by atoms with Crippen molar-refractivity contribution >= 4 is 11.6 Å². The Hall–Kier alpha value is -1.76. The first-order chi connectivity index (χ1) is 11.1. The monoisotopic (exact) mass is 344 g/mol. The average molecular weight is 344 g/mol. The van der Waals surface area contributed by atoms with E-state index in [4.69, 9.17) is 0 Å². The first-order valence-electron chi connectivity index (χ1n) is 8.05. The van der Waals surface area contributed by atoms with Gasteiger partial charge in [0.1, 0.15) is 5.75 Å². The van der Waals surface area contributed by atoms with E-state index in [1.54, 1.807) is 0 Å². The summed E-state index contributed by atoms with van der Waals surface area (Å²) in [4.78, 5) is 14.5. The molecule has 1 heterocycles. The normalized spacial score (nSPS) is 23.6. The van der Waals surface area contributed by atoms with E-state index in [2.05, 4.69) is 28.8 Å². The molecule has 0 spiro atoms. The van der Waals surface area contributed by atoms with Crippen LogP contribution in [-0.2, 0) is 4.79 Å². The topological polar surface area (TPSA) is 41.6 Å². The van der Waals surface area contributed by atoms with E-state index in [0.29, 0.717) is 17.5 Å². The molecule has 0 aliphatic carbocycles. The lowest BCUT2D eigenvalue weighted by atomic mass is 9.91. The Balaban J connectivity index is 1.93. The van der Waals surface area contributed by atoms with Crippen molar-refractivity contribution in [2.24, 2.45) is 11.8 Å². The van der Waals surface area contributed by atoms with Crippen LogP contribution in [0.2, 0.25) is 0 Å². The largest absolute Gasteiger partial charge is 0.573 e. The molecule has 134 valence electrons. The highest BCUT2D eigenvalue weighted by Crippen LogP contribution is 2.25. The van der Waals surface area contributed by atoms with Gasteiger partial charge in [0.15, 0.2) is 0 Å². The summed E-state index contributed by atoms with van der Waals surface area (Å²) in [5.41, 5.74) is 0.444. The Labute approximate surface area is 140 Å². The lowest BCUT2D eigenvalue weighted by molar-refractivity contribution is -0.274. The fourth-order valence-corrected chi connectivity index (χ4v) is 3.18. The van der Waals surface area contributed by atoms with Crippen LogP contribution >= 0.6 is 0 Å². The molecule has 1 fully saturated rings. The molecule has 1 aliphatic rings. The average Bonchev–Trinajstić information content (AvgIpc) is 2.46. The summed E-state index contributed by atoms with van der Waals surface area (Å²) < 4.78 is 40.2. The maximum atomic E-state index is 12.4. The highest BCUT2D eigenvalue weighted by Gasteiger charge is 2.31. The molecule has 1 saturated heterocycles. The van der Waals surface area contributed by atoms with E-state index in [1.165, 1.54) is 24.3 Å². The van der Waals surface area contributed by atoms with Crippen molar-refractivity contribution in [2.75, 3.05) is 18.4 Å². The third-order valence-corrected chi connectivity index (χ3v) is 4.18. The predicted molar refractivity (Wildman–Crippen MR) is 85.7 cm³/mol. The Morgan fingerprint density at radius 2 is 1.75 bits per heavy atom. The Morgan fingerprint density at radius 3 is 2.25 bits per heavy atom. The van der Waals surface area contributed by atoms with Gasteiger partial charge in [0.05, 0.1) is 6.04 Å². The molecule has 7 heteroatoms. The molecule has 4 nitrogen and oxygen atoms in total. The van der Waals surface area contributed by atoms with Crippen LogP contribution < -0.4 is 10.1 Å². The number of nitrogens with one attached hydrogen (secondary N) is 1. The van der Waals surface area contributed by atoms with Gasteiger partial charge >= 0.3 is 6.36 Å². The lowest BCUT2D eigenvalue weighted by Gasteiger charge is -2.38. The maximum Gasteiger partial charge on any atom is 0.573 e. The number of piperidine rings is 1. The molecule has 24 heavy (non-hydrogen) atoms. The van der Waals surface area contributed by atoms with Crippen molar-refractivity contribution in [1.29, 1.82) is 0 Å². The van der Waals surface area contributed by atoms with Gasteiger partial charge < -0.3 is 10.1 Å². The predicted octanol–water partition coefficient (Wildman–Crippen LogP) is 3.89. The molecular formula is C17H23F3N2O2. The third kappa shape index (κ3) is 5.40. The van der Waals surface area contributed by atoms with Crippen molar-refractivity contribution in [3.8, 4) is 5.75 Å². The first kappa shape index (κ1) is 18.6. The van der Waals surface area contributed by atoms with Gasteiger partial charge in [-0.25, -0.2) is 0 Å². The second-order valence-electron chi connectivity index (χ2n) is 6.64. The van der Waals surface area contributed by atoms with Gasteiger partial charge in [-0.3, -0.25) is 9.69 Å². The molecule has 2 rings (SSSR count). The summed E-state index contributed by atoms with van der Waals surface area (Å²) in [5.74, 6) is 0.610. The minimum Gasteiger partial charge on any atom is -0.406 e. The van der Waals surface area contributed by atoms with E-state index in [9.17, 15) is 18.0 Å². The molecule has 0 saturated carbocycles. The van der Waals surface area contributed by atoms with Crippen molar-refractivity contribution in [2.45, 2.75) is 39.6 Å². The molecule has 0 bridgehead atoms. The minimum atomic E-state index is -4.72. The number of alkyl halides is 3. The van der Waals surface area contributed by atoms with Crippen molar-refractivity contribution in [1.82, 2.24) is 4.90 Å². The van der Waals surface area contributed by atoms with Gasteiger partial charge in [-0.2, -0.15) is 0 Å². The molecule has 1 N–H and O–H groups in total. The van der Waals surface area contributed by atoms with E-state index < -0.39 is 6.36 Å². The zero-order chi connectivity index (χ0) is 17.9. The van der Waals surface area contributed by atoms with Crippen LogP contribution in [0.25, 0.3) is 0 Å². The number of carbonyl (C=O) groups excluding carboxylic acids is 1. The van der Waals surface area contributed by atoms with Crippen LogP contribution in [0.5, 0.6) is 5.75 Å². The zero-order valence-corrected chi connectivity index (χ0v) is 14.1. The number of anilines is 1. The van der Waals surface area contributed by atoms with Crippen LogP contribution in [0.3, 0.4) is 0 Å². The van der Waals surface area contributed by atoms with Crippen LogP contribution in [0.1, 0.15) is 27.2 Å². The van der Waals surface area contributed by atoms with Crippen LogP contribution in [0, 0.1) is 11.8 Å². The van der Waals surface area contributed by atoms with Crippen molar-refractivity contribution in [3.63, 3.8) is 0 Å². The standard InChI is InChI=1S/C17H23F3N2O2/c1-11-8-12(2)10-22(9-11)13(3)16(23)21-14-4-6-15(7-5-14)24-17(18,19)20/h4-7,11-13H,8-10H2,1-3H3,(H,21,23)/t11-,12+,13-/m1/s1. The van der Waals surface area contributed by atoms with Crippen LogP contribution in [0.4, 0.5) is 18.9 Å². The molecule has 1 aromatic carbocycles. The van der Waals surface area contributed by atoms with Gasteiger partial charge in [0, 0.05) is 18.8 Å². The Kier molecular flexibility index (Phi) is 5.74. The summed E-state index contributed by atoms with van der Waals surface area (Å²) in [6, 6.07) is 4.86. The highest BCUT2D eigenvalue weighted by atomic mass is 19.4. The SMILES string of the molecule is C[C@@H]1C[C@H](C)CN([C@H](C)C(=O)Nc2ccc(OC(F)(F)F)cc2)C1. The third-order valence-electron chi connectivity index (χ3n) is 4.18. The highest BCUT2D eigenvalue weighted by molar-refractivity contribution is 5.94. The van der Waals surface area contributed by atoms with Crippen molar-refractivity contribution in [3.05, 3.63) is 24.3 Å². The maximum absolute atomic E-state index is 12.4. The fraction of sp³-hybridized carbons (Fsp3) is 0.588. The first-order valence-corrected chi connectivity index (χ1v) is 8.05. The molecule has 0 aromatic heterocycles. The number of carbonyl (C=O) groups is 1. The Bertz CT molecular complexity index is 550. The van der Waals surface area contributed by atoms with Gasteiger partial charge in [-0.05, 0) is 49.4 Å². The molecular weight excluding hydrogens is 321 g/mol. The van der Waals surface area contributed by atoms with Crippen molar-refractivity contribution < 1.29 is 22.7 Å². The van der Waals surface area contributed by atoms with Gasteiger partial charge in [-0.15, -0.1) is 13.2 Å². The summed E-state index contributed by atoms with van der Waals surface area (Å²) in [7, 11) is 0. The number of hydrogen-bond acceptors (Lipinski definition) is 3. The number of ether oxygens (including phenoxy) is 1. The summed E-state index contributed by atoms with van der Waals surface area (Å²) in [6.07, 6.45) is -3.56. The number of benzene rings is 1. The quantitative estimate of drug-likeness (QED) is 0.901. The van der Waals surface area contributed by atoms with Gasteiger partial charge in [-0.1, -0.05) is 13.8 Å². The van der Waals surface area contributed by atoms with Crippen LogP contribution in [-0.4, -0.2) is 36.3 Å². The van der Waals surface area contributed by atoms with Crippen LogP contribution in [0.15, 0.2) is 24.3 Å². The number of rotatable bonds is 4. The molecule has 1 aromatic rings. The zero-order valence-electron chi connectivity index (χ0n) is 14.1. The second-order valence-corrected chi connectivity index (χ2v) is 6.64. The van der Waals surface area contributed by atoms with E-state index >= 15 is 0 Å². The molecule has 1 amide bonds. The molecule has 1 aliphatic heterocycles. The second kappa shape index (κ2) is 7.42. The number of amides is 1. The minimum absolute atomic E-state index is 0.166. The number of halogens is 3. The lowest BCUT2D eigenvalue weighted by Crippen LogP contribution is -2.48. The van der Waals surface area contributed by atoms with E-state index in [-0.39, 0.29) is 17.7 Å². The summed E-state index contributed by atoms with van der Waals surface area (Å²) in [5, 5.41) is 2.74. The van der Waals surface area contributed by atoms with E-state index in [0.717, 1.165) is 19.5 Å². The molecule has 0 radical (unpaired) electrons. The smallest absolute Gasteiger partial charge is 0.406 e. The number of likely N-dealkylation sites (tertiary alicyclic amines) is 1. The van der Waals surface area contributed by atoms with Gasteiger partial charge in [0.25, 0.3) is 0 Å². The Morgan fingerprint density at radius 1 is 1.21 bits per heavy atom. The summed E-state index contributed by atoms with van der Waals surface area (Å²) in [6.45, 7) is 7.94. The van der Waals surface area contributed by atoms with E-state index in [1.807, 2.05) is 6.92 Å². The number of hydrogen-bond donors (Lipinski definition) is 1. The van der Waals surface area contributed by atoms with Gasteiger partial charge in [0.2, 0.25) is 5.91 Å². The fourth-order valence-electron chi connectivity index (χ4n) is 3.18.